The van der Waals surface area contributed by atoms with E-state index in [-0.39, 0.29) is 5.91 Å². The summed E-state index contributed by atoms with van der Waals surface area (Å²) >= 11 is 0. The Morgan fingerprint density at radius 3 is 2.61 bits per heavy atom. The van der Waals surface area contributed by atoms with Crippen molar-refractivity contribution < 1.29 is 4.79 Å². The van der Waals surface area contributed by atoms with Gasteiger partial charge in [0.1, 0.15) is 5.54 Å². The van der Waals surface area contributed by atoms with E-state index in [4.69, 9.17) is 5.73 Å². The summed E-state index contributed by atoms with van der Waals surface area (Å²) in [6.45, 7) is 4.15. The Hall–Kier alpha value is -0.610. The third kappa shape index (κ3) is 2.54. The average Bonchev–Trinajstić information content (AvgIpc) is 3.20. The first-order valence-electron chi connectivity index (χ1n) is 7.37. The molecule has 2 aliphatic rings. The Morgan fingerprint density at radius 1 is 1.39 bits per heavy atom. The molecule has 18 heavy (non-hydrogen) atoms. The molecule has 0 radical (unpaired) electrons. The number of hydrogen-bond acceptors (Lipinski definition) is 3. The van der Waals surface area contributed by atoms with Crippen molar-refractivity contribution in [1.29, 1.82) is 0 Å². The van der Waals surface area contributed by atoms with Gasteiger partial charge in [0.05, 0.1) is 0 Å². The van der Waals surface area contributed by atoms with Crippen LogP contribution >= 0.6 is 0 Å². The van der Waals surface area contributed by atoms with Crippen LogP contribution in [0.5, 0.6) is 0 Å². The Morgan fingerprint density at radius 2 is 2.11 bits per heavy atom. The molecule has 0 aromatic heterocycles. The second-order valence-electron chi connectivity index (χ2n) is 5.89. The van der Waals surface area contributed by atoms with E-state index in [0.717, 1.165) is 25.9 Å². The summed E-state index contributed by atoms with van der Waals surface area (Å²) in [5, 5.41) is 3.25. The lowest BCUT2D eigenvalue weighted by Gasteiger charge is -2.42. The number of primary amides is 1. The SMILES string of the molecule is CCC1CCCCN1CC(NC)(C(N)=O)C1CC1. The van der Waals surface area contributed by atoms with Crippen LogP contribution in [0.25, 0.3) is 0 Å². The molecule has 2 atom stereocenters. The second-order valence-corrected chi connectivity index (χ2v) is 5.89. The van der Waals surface area contributed by atoms with Crippen LogP contribution in [0.2, 0.25) is 0 Å². The van der Waals surface area contributed by atoms with Gasteiger partial charge in [-0.3, -0.25) is 9.69 Å². The zero-order chi connectivity index (χ0) is 13.2. The minimum atomic E-state index is -0.495. The number of piperidine rings is 1. The van der Waals surface area contributed by atoms with Crippen LogP contribution in [-0.4, -0.2) is 42.5 Å². The van der Waals surface area contributed by atoms with Gasteiger partial charge < -0.3 is 11.1 Å². The molecule has 0 aromatic carbocycles. The quantitative estimate of drug-likeness (QED) is 0.745. The van der Waals surface area contributed by atoms with Gasteiger partial charge in [-0.25, -0.2) is 0 Å². The molecule has 4 heteroatoms. The van der Waals surface area contributed by atoms with Crippen LogP contribution in [0.15, 0.2) is 0 Å². The minimum Gasteiger partial charge on any atom is -0.368 e. The van der Waals surface area contributed by atoms with Gasteiger partial charge >= 0.3 is 0 Å². The van der Waals surface area contributed by atoms with Gasteiger partial charge in [0.25, 0.3) is 0 Å². The number of carbonyl (C=O) groups is 1. The summed E-state index contributed by atoms with van der Waals surface area (Å²) in [7, 11) is 1.88. The third-order valence-electron chi connectivity index (χ3n) is 4.83. The van der Waals surface area contributed by atoms with E-state index in [1.807, 2.05) is 7.05 Å². The number of likely N-dealkylation sites (N-methyl/N-ethyl adjacent to an activating group) is 1. The smallest absolute Gasteiger partial charge is 0.239 e. The second kappa shape index (κ2) is 5.57. The molecule has 1 saturated carbocycles. The number of amides is 1. The normalized spacial score (nSPS) is 28.9. The molecule has 1 heterocycles. The maximum atomic E-state index is 11.9. The molecule has 0 bridgehead atoms. The Labute approximate surface area is 110 Å². The monoisotopic (exact) mass is 253 g/mol. The number of nitrogens with two attached hydrogens (primary N) is 1. The first-order chi connectivity index (χ1) is 8.64. The molecule has 2 rings (SSSR count). The van der Waals surface area contributed by atoms with Crippen molar-refractivity contribution in [1.82, 2.24) is 10.2 Å². The fourth-order valence-corrected chi connectivity index (χ4v) is 3.44. The number of likely N-dealkylation sites (tertiary alicyclic amines) is 1. The molecular formula is C14H27N3O. The molecule has 0 spiro atoms. The van der Waals surface area contributed by atoms with Gasteiger partial charge in [0.2, 0.25) is 5.91 Å². The molecule has 1 amide bonds. The first kappa shape index (κ1) is 13.8. The highest BCUT2D eigenvalue weighted by molar-refractivity contribution is 5.86. The first-order valence-corrected chi connectivity index (χ1v) is 7.37. The van der Waals surface area contributed by atoms with E-state index in [2.05, 4.69) is 17.1 Å². The van der Waals surface area contributed by atoms with Crippen molar-refractivity contribution in [2.45, 2.75) is 57.0 Å². The molecule has 3 N–H and O–H groups in total. The zero-order valence-electron chi connectivity index (χ0n) is 11.7. The van der Waals surface area contributed by atoms with Gasteiger partial charge in [-0.2, -0.15) is 0 Å². The fraction of sp³-hybridized carbons (Fsp3) is 0.929. The lowest BCUT2D eigenvalue weighted by Crippen LogP contribution is -2.63. The van der Waals surface area contributed by atoms with Gasteiger partial charge in [0.15, 0.2) is 0 Å². The highest BCUT2D eigenvalue weighted by Crippen LogP contribution is 2.40. The maximum Gasteiger partial charge on any atom is 0.239 e. The van der Waals surface area contributed by atoms with Crippen LogP contribution in [0.1, 0.15) is 45.4 Å². The zero-order valence-corrected chi connectivity index (χ0v) is 11.7. The number of rotatable bonds is 6. The van der Waals surface area contributed by atoms with Crippen LogP contribution in [0, 0.1) is 5.92 Å². The Balaban J connectivity index is 2.09. The van der Waals surface area contributed by atoms with E-state index in [0.29, 0.717) is 12.0 Å². The molecule has 2 unspecified atom stereocenters. The van der Waals surface area contributed by atoms with E-state index in [1.54, 1.807) is 0 Å². The fourth-order valence-electron chi connectivity index (χ4n) is 3.44. The molecule has 2 fully saturated rings. The number of hydrogen-bond donors (Lipinski definition) is 2. The highest BCUT2D eigenvalue weighted by atomic mass is 16.1. The summed E-state index contributed by atoms with van der Waals surface area (Å²) in [5.41, 5.74) is 5.20. The Bertz CT molecular complexity index is 303. The van der Waals surface area contributed by atoms with Gasteiger partial charge in [-0.05, 0) is 51.6 Å². The summed E-state index contributed by atoms with van der Waals surface area (Å²) < 4.78 is 0. The number of nitrogens with zero attached hydrogens (tertiary/aromatic N) is 1. The van der Waals surface area contributed by atoms with Crippen molar-refractivity contribution in [3.05, 3.63) is 0 Å². The van der Waals surface area contributed by atoms with Crippen molar-refractivity contribution in [3.63, 3.8) is 0 Å². The third-order valence-corrected chi connectivity index (χ3v) is 4.83. The number of nitrogens with one attached hydrogen (secondary N) is 1. The predicted octanol–water partition coefficient (Wildman–Crippen LogP) is 1.10. The maximum absolute atomic E-state index is 11.9. The molecule has 0 aromatic rings. The largest absolute Gasteiger partial charge is 0.368 e. The van der Waals surface area contributed by atoms with Gasteiger partial charge in [-0.1, -0.05) is 13.3 Å². The van der Waals surface area contributed by atoms with Gasteiger partial charge in [0, 0.05) is 12.6 Å². The minimum absolute atomic E-state index is 0.173. The predicted molar refractivity (Wildman–Crippen MR) is 73.2 cm³/mol. The van der Waals surface area contributed by atoms with E-state index in [1.165, 1.54) is 25.7 Å². The topological polar surface area (TPSA) is 58.4 Å². The van der Waals surface area contributed by atoms with E-state index in [9.17, 15) is 4.79 Å². The highest BCUT2D eigenvalue weighted by Gasteiger charge is 2.50. The molecule has 1 aliphatic carbocycles. The standard InChI is InChI=1S/C14H27N3O/c1-3-12-6-4-5-9-17(12)10-14(16-2,13(15)18)11-7-8-11/h11-12,16H,3-10H2,1-2H3,(H2,15,18). The van der Waals surface area contributed by atoms with Crippen molar-refractivity contribution in [3.8, 4) is 0 Å². The molecule has 4 nitrogen and oxygen atoms in total. The van der Waals surface area contributed by atoms with Crippen molar-refractivity contribution in [2.24, 2.45) is 11.7 Å². The van der Waals surface area contributed by atoms with E-state index >= 15 is 0 Å². The lowest BCUT2D eigenvalue weighted by molar-refractivity contribution is -0.126. The van der Waals surface area contributed by atoms with Crippen LogP contribution < -0.4 is 11.1 Å². The van der Waals surface area contributed by atoms with Crippen LogP contribution in [-0.2, 0) is 4.79 Å². The molecular weight excluding hydrogens is 226 g/mol. The van der Waals surface area contributed by atoms with Gasteiger partial charge in [-0.15, -0.1) is 0 Å². The summed E-state index contributed by atoms with van der Waals surface area (Å²) in [4.78, 5) is 14.4. The van der Waals surface area contributed by atoms with Crippen LogP contribution in [0.4, 0.5) is 0 Å². The lowest BCUT2D eigenvalue weighted by atomic mass is 9.89. The summed E-state index contributed by atoms with van der Waals surface area (Å²) in [6, 6.07) is 0.629. The molecule has 1 aliphatic heterocycles. The average molecular weight is 253 g/mol. The molecule has 104 valence electrons. The van der Waals surface area contributed by atoms with Crippen molar-refractivity contribution >= 4 is 5.91 Å². The Kier molecular flexibility index (Phi) is 4.28. The van der Waals surface area contributed by atoms with Crippen LogP contribution in [0.3, 0.4) is 0 Å². The van der Waals surface area contributed by atoms with E-state index < -0.39 is 5.54 Å². The summed E-state index contributed by atoms with van der Waals surface area (Å²) in [6.07, 6.45) is 7.27. The van der Waals surface area contributed by atoms with Crippen molar-refractivity contribution in [2.75, 3.05) is 20.1 Å². The number of carbonyl (C=O) groups excluding carboxylic acids is 1. The molecule has 1 saturated heterocycles. The summed E-state index contributed by atoms with van der Waals surface area (Å²) in [5.74, 6) is 0.271.